The first-order chi connectivity index (χ1) is 6.94. The second-order valence-electron chi connectivity index (χ2n) is 3.22. The van der Waals surface area contributed by atoms with E-state index in [0.29, 0.717) is 0 Å². The van der Waals surface area contributed by atoms with Crippen molar-refractivity contribution in [3.05, 3.63) is 0 Å². The van der Waals surface area contributed by atoms with E-state index in [4.69, 9.17) is 5.11 Å². The number of hydrogen-bond acceptors (Lipinski definition) is 2. The molecule has 0 fully saturated rings. The Bertz CT molecular complexity index is 248. The summed E-state index contributed by atoms with van der Waals surface area (Å²) < 4.78 is 72.1. The molecular weight excluding hydrogens is 244 g/mol. The van der Waals surface area contributed by atoms with Crippen LogP contribution in [0.5, 0.6) is 0 Å². The molecule has 96 valence electrons. The van der Waals surface area contributed by atoms with Crippen molar-refractivity contribution in [2.24, 2.45) is 11.7 Å². The van der Waals surface area contributed by atoms with Crippen LogP contribution >= 0.6 is 0 Å². The summed E-state index contributed by atoms with van der Waals surface area (Å²) in [5.41, 5.74) is 4.51. The molecule has 0 rings (SSSR count). The molecule has 2 unspecified atom stereocenters. The number of alkyl halides is 6. The number of hydrogen-bond donors (Lipinski definition) is 2. The van der Waals surface area contributed by atoms with Gasteiger partial charge in [0.2, 0.25) is 0 Å². The SMILES string of the molecule is NC(CC(CC(=O)O)C(F)(F)F)C(F)(F)F. The third kappa shape index (κ3) is 5.19. The van der Waals surface area contributed by atoms with Crippen molar-refractivity contribution in [3.63, 3.8) is 0 Å². The molecule has 0 aliphatic carbocycles. The maximum atomic E-state index is 12.1. The van der Waals surface area contributed by atoms with Gasteiger partial charge in [-0.1, -0.05) is 0 Å². The quantitative estimate of drug-likeness (QED) is 0.752. The highest BCUT2D eigenvalue weighted by Gasteiger charge is 2.46. The van der Waals surface area contributed by atoms with Gasteiger partial charge in [-0.15, -0.1) is 0 Å². The minimum Gasteiger partial charge on any atom is -0.481 e. The van der Waals surface area contributed by atoms with Crippen LogP contribution in [0.4, 0.5) is 26.3 Å². The molecule has 0 spiro atoms. The summed E-state index contributed by atoms with van der Waals surface area (Å²) >= 11 is 0. The Morgan fingerprint density at radius 2 is 1.56 bits per heavy atom. The number of nitrogens with two attached hydrogens (primary N) is 1. The summed E-state index contributed by atoms with van der Waals surface area (Å²) in [5, 5.41) is 8.14. The van der Waals surface area contributed by atoms with Crippen molar-refractivity contribution < 1.29 is 36.2 Å². The zero-order valence-electron chi connectivity index (χ0n) is 7.77. The first kappa shape index (κ1) is 15.0. The van der Waals surface area contributed by atoms with Crippen LogP contribution in [0.1, 0.15) is 12.8 Å². The second kappa shape index (κ2) is 4.89. The van der Waals surface area contributed by atoms with E-state index < -0.39 is 43.1 Å². The summed E-state index contributed by atoms with van der Waals surface area (Å²) in [6.07, 6.45) is -12.9. The average molecular weight is 253 g/mol. The predicted molar refractivity (Wildman–Crippen MR) is 40.4 cm³/mol. The fourth-order valence-electron chi connectivity index (χ4n) is 0.984. The normalized spacial score (nSPS) is 16.9. The zero-order chi connectivity index (χ0) is 13.1. The van der Waals surface area contributed by atoms with Gasteiger partial charge in [-0.25, -0.2) is 0 Å². The molecule has 0 aromatic heterocycles. The molecule has 16 heavy (non-hydrogen) atoms. The third-order valence-electron chi connectivity index (χ3n) is 1.84. The van der Waals surface area contributed by atoms with Crippen molar-refractivity contribution in [1.29, 1.82) is 0 Å². The van der Waals surface area contributed by atoms with E-state index in [9.17, 15) is 31.1 Å². The highest BCUT2D eigenvalue weighted by molar-refractivity contribution is 5.67. The van der Waals surface area contributed by atoms with Gasteiger partial charge in [0.05, 0.1) is 12.3 Å². The summed E-state index contributed by atoms with van der Waals surface area (Å²) in [5.74, 6) is -4.42. The Kier molecular flexibility index (Phi) is 4.59. The molecule has 0 aromatic rings. The molecule has 0 heterocycles. The molecule has 0 aliphatic rings. The second-order valence-corrected chi connectivity index (χ2v) is 3.22. The van der Waals surface area contributed by atoms with Crippen molar-refractivity contribution >= 4 is 5.97 Å². The summed E-state index contributed by atoms with van der Waals surface area (Å²) in [7, 11) is 0. The van der Waals surface area contributed by atoms with E-state index in [1.807, 2.05) is 0 Å². The van der Waals surface area contributed by atoms with Crippen molar-refractivity contribution in [2.75, 3.05) is 0 Å². The third-order valence-corrected chi connectivity index (χ3v) is 1.84. The van der Waals surface area contributed by atoms with E-state index in [-0.39, 0.29) is 0 Å². The van der Waals surface area contributed by atoms with Gasteiger partial charge in [0, 0.05) is 0 Å². The Hall–Kier alpha value is -0.990. The summed E-state index contributed by atoms with van der Waals surface area (Å²) in [6, 6.07) is -2.68. The maximum Gasteiger partial charge on any atom is 0.403 e. The Balaban J connectivity index is 4.62. The monoisotopic (exact) mass is 253 g/mol. The average Bonchev–Trinajstić information content (AvgIpc) is 1.98. The Morgan fingerprint density at radius 1 is 1.12 bits per heavy atom. The lowest BCUT2D eigenvalue weighted by atomic mass is 9.96. The van der Waals surface area contributed by atoms with E-state index in [0.717, 1.165) is 0 Å². The van der Waals surface area contributed by atoms with Gasteiger partial charge < -0.3 is 10.8 Å². The molecule has 0 radical (unpaired) electrons. The molecule has 0 aromatic carbocycles. The van der Waals surface area contributed by atoms with Crippen LogP contribution < -0.4 is 5.73 Å². The first-order valence-electron chi connectivity index (χ1n) is 4.05. The Labute approximate surface area is 86.2 Å². The molecule has 2 atom stereocenters. The van der Waals surface area contributed by atoms with E-state index in [2.05, 4.69) is 5.73 Å². The predicted octanol–water partition coefficient (Wildman–Crippen LogP) is 1.92. The van der Waals surface area contributed by atoms with Gasteiger partial charge in [-0.2, -0.15) is 26.3 Å². The van der Waals surface area contributed by atoms with Gasteiger partial charge in [-0.05, 0) is 6.42 Å². The fourth-order valence-corrected chi connectivity index (χ4v) is 0.984. The first-order valence-corrected chi connectivity index (χ1v) is 4.05. The number of rotatable bonds is 4. The zero-order valence-corrected chi connectivity index (χ0v) is 7.77. The van der Waals surface area contributed by atoms with Crippen molar-refractivity contribution in [1.82, 2.24) is 0 Å². The molecule has 3 nitrogen and oxygen atoms in total. The number of carboxylic acids is 1. The number of carbonyl (C=O) groups is 1. The molecular formula is C7H9F6NO2. The van der Waals surface area contributed by atoms with Crippen molar-refractivity contribution in [2.45, 2.75) is 31.2 Å². The number of halogens is 6. The minimum absolute atomic E-state index is 1.42. The van der Waals surface area contributed by atoms with Gasteiger partial charge >= 0.3 is 18.3 Å². The number of aliphatic carboxylic acids is 1. The largest absolute Gasteiger partial charge is 0.481 e. The van der Waals surface area contributed by atoms with E-state index >= 15 is 0 Å². The van der Waals surface area contributed by atoms with Gasteiger partial charge in [0.1, 0.15) is 6.04 Å². The lowest BCUT2D eigenvalue weighted by Crippen LogP contribution is -2.42. The van der Waals surface area contributed by atoms with Gasteiger partial charge in [0.25, 0.3) is 0 Å². The highest BCUT2D eigenvalue weighted by atomic mass is 19.4. The number of carboxylic acid groups (broad SMARTS) is 1. The minimum atomic E-state index is -5.01. The highest BCUT2D eigenvalue weighted by Crippen LogP contribution is 2.35. The van der Waals surface area contributed by atoms with Crippen LogP contribution in [0, 0.1) is 5.92 Å². The maximum absolute atomic E-state index is 12.1. The van der Waals surface area contributed by atoms with Crippen LogP contribution in [-0.4, -0.2) is 29.5 Å². The van der Waals surface area contributed by atoms with E-state index in [1.54, 1.807) is 0 Å². The lowest BCUT2D eigenvalue weighted by molar-refractivity contribution is -0.199. The Morgan fingerprint density at radius 3 is 1.81 bits per heavy atom. The van der Waals surface area contributed by atoms with Crippen LogP contribution in [0.25, 0.3) is 0 Å². The molecule has 9 heteroatoms. The van der Waals surface area contributed by atoms with Crippen molar-refractivity contribution in [3.8, 4) is 0 Å². The van der Waals surface area contributed by atoms with Crippen LogP contribution in [0.2, 0.25) is 0 Å². The molecule has 0 aliphatic heterocycles. The summed E-state index contributed by atoms with van der Waals surface area (Å²) in [6.45, 7) is 0. The fraction of sp³-hybridized carbons (Fsp3) is 0.857. The van der Waals surface area contributed by atoms with E-state index in [1.165, 1.54) is 0 Å². The van der Waals surface area contributed by atoms with Gasteiger partial charge in [0.15, 0.2) is 0 Å². The van der Waals surface area contributed by atoms with Crippen LogP contribution in [-0.2, 0) is 4.79 Å². The van der Waals surface area contributed by atoms with Crippen LogP contribution in [0.15, 0.2) is 0 Å². The standard InChI is InChI=1S/C7H9F6NO2/c8-6(9,10)3(2-5(15)16)1-4(14)7(11,12)13/h3-4H,1-2,14H2,(H,15,16). The molecule has 0 saturated heterocycles. The van der Waals surface area contributed by atoms with Crippen LogP contribution in [0.3, 0.4) is 0 Å². The smallest absolute Gasteiger partial charge is 0.403 e. The molecule has 0 saturated carbocycles. The molecule has 0 bridgehead atoms. The lowest BCUT2D eigenvalue weighted by Gasteiger charge is -2.23. The topological polar surface area (TPSA) is 63.3 Å². The summed E-state index contributed by atoms with van der Waals surface area (Å²) in [4.78, 5) is 10.1. The molecule has 0 amide bonds. The van der Waals surface area contributed by atoms with Gasteiger partial charge in [-0.3, -0.25) is 4.79 Å². The molecule has 3 N–H and O–H groups in total.